The van der Waals surface area contributed by atoms with Crippen molar-refractivity contribution in [3.05, 3.63) is 65.5 Å². The second kappa shape index (κ2) is 5.84. The van der Waals surface area contributed by atoms with Crippen LogP contribution in [0.3, 0.4) is 0 Å². The molecule has 1 aromatic carbocycles. The van der Waals surface area contributed by atoms with Crippen LogP contribution in [0, 0.1) is 11.6 Å². The normalized spacial score (nSPS) is 17.4. The van der Waals surface area contributed by atoms with E-state index >= 15 is 0 Å². The molecule has 0 aliphatic carbocycles. The highest BCUT2D eigenvalue weighted by atomic mass is 19.1. The Morgan fingerprint density at radius 1 is 1.24 bits per heavy atom. The van der Waals surface area contributed by atoms with Gasteiger partial charge in [-0.3, -0.25) is 0 Å². The number of carboxylic acid groups (broad SMARTS) is 1. The molecule has 3 heterocycles. The average Bonchev–Trinajstić information content (AvgIpc) is 3.22. The quantitative estimate of drug-likeness (QED) is 0.789. The van der Waals surface area contributed by atoms with Crippen molar-refractivity contribution in [1.29, 1.82) is 0 Å². The topological polar surface area (TPSA) is 57.8 Å². The lowest BCUT2D eigenvalue weighted by Gasteiger charge is -2.27. The van der Waals surface area contributed by atoms with Gasteiger partial charge in [-0.15, -0.1) is 0 Å². The van der Waals surface area contributed by atoms with Crippen molar-refractivity contribution in [1.82, 2.24) is 9.61 Å². The first kappa shape index (κ1) is 15.6. The molecule has 0 unspecified atom stereocenters. The Labute approximate surface area is 142 Å². The van der Waals surface area contributed by atoms with Crippen LogP contribution in [0.5, 0.6) is 0 Å². The number of aromatic carboxylic acids is 1. The molecule has 5 nitrogen and oxygen atoms in total. The van der Waals surface area contributed by atoms with Gasteiger partial charge in [-0.1, -0.05) is 0 Å². The van der Waals surface area contributed by atoms with Crippen LogP contribution in [0.1, 0.15) is 34.8 Å². The van der Waals surface area contributed by atoms with Gasteiger partial charge >= 0.3 is 5.97 Å². The first-order valence-electron chi connectivity index (χ1n) is 7.97. The molecular weight excluding hydrogens is 328 g/mol. The minimum Gasteiger partial charge on any atom is -0.478 e. The second-order valence-corrected chi connectivity index (χ2v) is 6.10. The third kappa shape index (κ3) is 2.61. The lowest BCUT2D eigenvalue weighted by Crippen LogP contribution is -2.23. The van der Waals surface area contributed by atoms with Crippen LogP contribution >= 0.6 is 0 Å². The van der Waals surface area contributed by atoms with E-state index in [0.29, 0.717) is 24.0 Å². The molecule has 1 aliphatic rings. The van der Waals surface area contributed by atoms with Crippen molar-refractivity contribution in [3.8, 4) is 0 Å². The van der Waals surface area contributed by atoms with E-state index in [9.17, 15) is 18.7 Å². The largest absolute Gasteiger partial charge is 0.478 e. The highest BCUT2D eigenvalue weighted by Gasteiger charge is 2.29. The Balaban J connectivity index is 1.77. The number of benzene rings is 1. The Hall–Kier alpha value is -2.96. The summed E-state index contributed by atoms with van der Waals surface area (Å²) >= 11 is 0. The first-order valence-corrected chi connectivity index (χ1v) is 7.97. The van der Waals surface area contributed by atoms with Crippen LogP contribution in [0.2, 0.25) is 0 Å². The summed E-state index contributed by atoms with van der Waals surface area (Å²) in [5.41, 5.74) is 1.66. The smallest absolute Gasteiger partial charge is 0.339 e. The first-order chi connectivity index (χ1) is 12.0. The predicted molar refractivity (Wildman–Crippen MR) is 87.8 cm³/mol. The molecule has 128 valence electrons. The molecular formula is C18H15F2N3O2. The van der Waals surface area contributed by atoms with Crippen LogP contribution < -0.4 is 4.90 Å². The van der Waals surface area contributed by atoms with Crippen molar-refractivity contribution in [3.63, 3.8) is 0 Å². The van der Waals surface area contributed by atoms with E-state index in [0.717, 1.165) is 24.2 Å². The fourth-order valence-corrected chi connectivity index (χ4v) is 3.48. The molecule has 1 atom stereocenters. The number of fused-ring (bicyclic) bond motifs is 1. The van der Waals surface area contributed by atoms with E-state index in [1.807, 2.05) is 4.90 Å². The number of aromatic nitrogens is 2. The Morgan fingerprint density at radius 2 is 2.08 bits per heavy atom. The van der Waals surface area contributed by atoms with Gasteiger partial charge < -0.3 is 10.0 Å². The van der Waals surface area contributed by atoms with Gasteiger partial charge in [0.2, 0.25) is 0 Å². The van der Waals surface area contributed by atoms with E-state index in [1.54, 1.807) is 18.3 Å². The third-order valence-corrected chi connectivity index (χ3v) is 4.64. The second-order valence-electron chi connectivity index (χ2n) is 6.10. The molecule has 0 amide bonds. The van der Waals surface area contributed by atoms with Gasteiger partial charge in [0.1, 0.15) is 17.2 Å². The number of carbonyl (C=O) groups is 1. The van der Waals surface area contributed by atoms with Gasteiger partial charge in [0.25, 0.3) is 0 Å². The molecule has 0 bridgehead atoms. The van der Waals surface area contributed by atoms with Gasteiger partial charge in [-0.05, 0) is 43.2 Å². The van der Waals surface area contributed by atoms with Crippen LogP contribution in [-0.2, 0) is 0 Å². The molecule has 2 aromatic heterocycles. The van der Waals surface area contributed by atoms with Gasteiger partial charge in [-0.2, -0.15) is 5.10 Å². The standard InChI is InChI=1S/C18H15F2N3O2/c19-11-3-4-15(20)13(8-11)16-2-1-6-22(16)12-5-7-23-17(9-12)14(10-21-23)18(24)25/h3-5,7-10,16H,1-2,6H2,(H,24,25)/t16-/m0/s1. The SMILES string of the molecule is O=C(O)c1cnn2ccc(N3CCC[C@H]3c3cc(F)ccc3F)cc12. The summed E-state index contributed by atoms with van der Waals surface area (Å²) in [6.07, 6.45) is 4.52. The number of hydrogen-bond acceptors (Lipinski definition) is 3. The van der Waals surface area contributed by atoms with Crippen LogP contribution in [-0.4, -0.2) is 27.2 Å². The van der Waals surface area contributed by atoms with E-state index in [2.05, 4.69) is 5.10 Å². The number of anilines is 1. The minimum atomic E-state index is -1.05. The molecule has 4 rings (SSSR count). The zero-order valence-corrected chi connectivity index (χ0v) is 13.2. The lowest BCUT2D eigenvalue weighted by atomic mass is 10.0. The van der Waals surface area contributed by atoms with E-state index in [4.69, 9.17) is 0 Å². The van der Waals surface area contributed by atoms with E-state index in [1.165, 1.54) is 16.8 Å². The van der Waals surface area contributed by atoms with Gasteiger partial charge in [0.05, 0.1) is 17.8 Å². The number of rotatable bonds is 3. The maximum absolute atomic E-state index is 14.2. The fraction of sp³-hybridized carbons (Fsp3) is 0.222. The van der Waals surface area contributed by atoms with Crippen molar-refractivity contribution < 1.29 is 18.7 Å². The summed E-state index contributed by atoms with van der Waals surface area (Å²) in [6.45, 7) is 0.688. The van der Waals surface area contributed by atoms with Crippen LogP contribution in [0.25, 0.3) is 5.52 Å². The van der Waals surface area contributed by atoms with E-state index < -0.39 is 17.6 Å². The predicted octanol–water partition coefficient (Wildman–Crippen LogP) is 3.65. The number of halogens is 2. The van der Waals surface area contributed by atoms with Gasteiger partial charge in [-0.25, -0.2) is 18.1 Å². The molecule has 0 spiro atoms. The number of carboxylic acids is 1. The van der Waals surface area contributed by atoms with Gasteiger partial charge in [0.15, 0.2) is 0 Å². The van der Waals surface area contributed by atoms with Crippen molar-refractivity contribution >= 4 is 17.2 Å². The molecule has 1 aliphatic heterocycles. The molecule has 25 heavy (non-hydrogen) atoms. The van der Waals surface area contributed by atoms with Crippen molar-refractivity contribution in [2.24, 2.45) is 0 Å². The Morgan fingerprint density at radius 3 is 2.88 bits per heavy atom. The summed E-state index contributed by atoms with van der Waals surface area (Å²) in [6, 6.07) is 6.74. The van der Waals surface area contributed by atoms with Crippen molar-refractivity contribution in [2.75, 3.05) is 11.4 Å². The molecule has 3 aromatic rings. The maximum Gasteiger partial charge on any atom is 0.339 e. The highest BCUT2D eigenvalue weighted by molar-refractivity contribution is 5.95. The summed E-state index contributed by atoms with van der Waals surface area (Å²) in [5, 5.41) is 13.3. The van der Waals surface area contributed by atoms with Gasteiger partial charge in [0, 0.05) is 24.0 Å². The molecule has 1 N–H and O–H groups in total. The highest BCUT2D eigenvalue weighted by Crippen LogP contribution is 2.37. The maximum atomic E-state index is 14.2. The fourth-order valence-electron chi connectivity index (χ4n) is 3.48. The zero-order chi connectivity index (χ0) is 17.6. The summed E-state index contributed by atoms with van der Waals surface area (Å²) in [4.78, 5) is 13.3. The molecule has 0 radical (unpaired) electrons. The number of hydrogen-bond donors (Lipinski definition) is 1. The monoisotopic (exact) mass is 343 g/mol. The molecule has 1 saturated heterocycles. The summed E-state index contributed by atoms with van der Waals surface area (Å²) in [7, 11) is 0. The summed E-state index contributed by atoms with van der Waals surface area (Å²) < 4.78 is 29.3. The average molecular weight is 343 g/mol. The lowest BCUT2D eigenvalue weighted by molar-refractivity contribution is 0.0699. The number of pyridine rings is 1. The van der Waals surface area contributed by atoms with Crippen molar-refractivity contribution in [2.45, 2.75) is 18.9 Å². The summed E-state index contributed by atoms with van der Waals surface area (Å²) in [5.74, 6) is -1.96. The van der Waals surface area contributed by atoms with Crippen LogP contribution in [0.4, 0.5) is 14.5 Å². The molecule has 7 heteroatoms. The Kier molecular flexibility index (Phi) is 3.63. The third-order valence-electron chi connectivity index (χ3n) is 4.64. The minimum absolute atomic E-state index is 0.106. The Bertz CT molecular complexity index is 970. The molecule has 0 saturated carbocycles. The van der Waals surface area contributed by atoms with E-state index in [-0.39, 0.29) is 11.6 Å². The number of nitrogens with zero attached hydrogens (tertiary/aromatic N) is 3. The molecule has 1 fully saturated rings. The zero-order valence-electron chi connectivity index (χ0n) is 13.2. The van der Waals surface area contributed by atoms with Crippen LogP contribution in [0.15, 0.2) is 42.7 Å².